The van der Waals surface area contributed by atoms with Crippen molar-refractivity contribution in [1.29, 1.82) is 0 Å². The highest BCUT2D eigenvalue weighted by Gasteiger charge is 1.75. The maximum Gasteiger partial charge on any atom is 0.106 e. The van der Waals surface area contributed by atoms with Gasteiger partial charge in [0.1, 0.15) is 4.60 Å². The number of halogens is 2. The van der Waals surface area contributed by atoms with Gasteiger partial charge in [0.25, 0.3) is 0 Å². The first kappa shape index (κ1) is 8.11. The van der Waals surface area contributed by atoms with Crippen LogP contribution in [0.25, 0.3) is 0 Å². The van der Waals surface area contributed by atoms with E-state index in [1.165, 1.54) is 0 Å². The van der Waals surface area contributed by atoms with Gasteiger partial charge in [-0.2, -0.15) is 0 Å². The first-order valence-electron chi connectivity index (χ1n) is 1.96. The van der Waals surface area contributed by atoms with Gasteiger partial charge in [0, 0.05) is 6.20 Å². The van der Waals surface area contributed by atoms with Gasteiger partial charge in [-0.25, -0.2) is 4.98 Å². The Morgan fingerprint density at radius 1 is 1.38 bits per heavy atom. The van der Waals surface area contributed by atoms with Crippen LogP contribution in [-0.2, 0) is 0 Å². The number of nitrogens with zero attached hydrogens (tertiary/aromatic N) is 1. The molecule has 0 aliphatic rings. The van der Waals surface area contributed by atoms with Crippen molar-refractivity contribution in [1.82, 2.24) is 4.98 Å². The molecule has 1 aromatic rings. The van der Waals surface area contributed by atoms with Crippen LogP contribution in [-0.4, -0.2) is 4.98 Å². The van der Waals surface area contributed by atoms with Gasteiger partial charge in [-0.3, -0.25) is 0 Å². The normalized spacial score (nSPS) is 7.62. The van der Waals surface area contributed by atoms with Crippen LogP contribution >= 0.6 is 32.9 Å². The van der Waals surface area contributed by atoms with Crippen LogP contribution in [0.15, 0.2) is 29.0 Å². The van der Waals surface area contributed by atoms with E-state index >= 15 is 0 Å². The van der Waals surface area contributed by atoms with Gasteiger partial charge in [-0.15, -0.1) is 17.0 Å². The van der Waals surface area contributed by atoms with Crippen molar-refractivity contribution < 1.29 is 0 Å². The molecule has 0 aromatic carbocycles. The van der Waals surface area contributed by atoms with Crippen LogP contribution in [0.2, 0.25) is 0 Å². The van der Waals surface area contributed by atoms with Crippen LogP contribution in [0.4, 0.5) is 0 Å². The molecule has 0 amide bonds. The van der Waals surface area contributed by atoms with E-state index in [0.717, 1.165) is 4.60 Å². The number of hydrogen-bond donors (Lipinski definition) is 0. The predicted octanol–water partition coefficient (Wildman–Crippen LogP) is 2.42. The molecule has 0 bridgehead atoms. The summed E-state index contributed by atoms with van der Waals surface area (Å²) in [5, 5.41) is 0. The molecule has 1 aromatic heterocycles. The Morgan fingerprint density at radius 3 is 2.38 bits per heavy atom. The lowest BCUT2D eigenvalue weighted by Gasteiger charge is -1.80. The van der Waals surface area contributed by atoms with E-state index in [1.807, 2.05) is 18.2 Å². The highest BCUT2D eigenvalue weighted by molar-refractivity contribution is 9.10. The molecule has 44 valence electrons. The lowest BCUT2D eigenvalue weighted by molar-refractivity contribution is 1.28. The van der Waals surface area contributed by atoms with Gasteiger partial charge in [0.2, 0.25) is 0 Å². The van der Waals surface area contributed by atoms with Crippen molar-refractivity contribution in [2.75, 3.05) is 0 Å². The Labute approximate surface area is 67.0 Å². The number of hydrogen-bond acceptors (Lipinski definition) is 1. The first-order chi connectivity index (χ1) is 3.39. The molecular weight excluding hydrogens is 234 g/mol. The monoisotopic (exact) mass is 237 g/mol. The minimum Gasteiger partial charge on any atom is -0.249 e. The Bertz CT molecular complexity index is 140. The van der Waals surface area contributed by atoms with Gasteiger partial charge in [0.05, 0.1) is 0 Å². The third kappa shape index (κ3) is 2.43. The van der Waals surface area contributed by atoms with E-state index in [2.05, 4.69) is 20.9 Å². The number of aromatic nitrogens is 1. The molecule has 1 nitrogen and oxygen atoms in total. The van der Waals surface area contributed by atoms with E-state index in [9.17, 15) is 0 Å². The van der Waals surface area contributed by atoms with Crippen LogP contribution < -0.4 is 0 Å². The predicted molar refractivity (Wildman–Crippen MR) is 42.3 cm³/mol. The van der Waals surface area contributed by atoms with Gasteiger partial charge in [-0.05, 0) is 28.1 Å². The molecule has 0 spiro atoms. The minimum absolute atomic E-state index is 0. The fraction of sp³-hybridized carbons (Fsp3) is 0. The average molecular weight is 239 g/mol. The second-order valence-electron chi connectivity index (χ2n) is 1.15. The molecule has 0 aliphatic heterocycles. The smallest absolute Gasteiger partial charge is 0.106 e. The van der Waals surface area contributed by atoms with Crippen LogP contribution in [0.3, 0.4) is 0 Å². The summed E-state index contributed by atoms with van der Waals surface area (Å²) in [6.45, 7) is 0. The van der Waals surface area contributed by atoms with Crippen molar-refractivity contribution >= 4 is 32.9 Å². The molecule has 3 heteroatoms. The SMILES string of the molecule is Br.Brc1ccccn1. The van der Waals surface area contributed by atoms with Crippen LogP contribution in [0.5, 0.6) is 0 Å². The van der Waals surface area contributed by atoms with Crippen LogP contribution in [0.1, 0.15) is 0 Å². The van der Waals surface area contributed by atoms with Gasteiger partial charge in [-0.1, -0.05) is 6.07 Å². The molecule has 8 heavy (non-hydrogen) atoms. The fourth-order valence-electron chi connectivity index (χ4n) is 0.342. The Morgan fingerprint density at radius 2 is 2.12 bits per heavy atom. The second-order valence-corrected chi connectivity index (χ2v) is 1.96. The molecule has 0 saturated carbocycles. The Hall–Kier alpha value is 0.110. The lowest BCUT2D eigenvalue weighted by Crippen LogP contribution is -1.66. The zero-order valence-corrected chi connectivity index (χ0v) is 7.34. The van der Waals surface area contributed by atoms with E-state index in [4.69, 9.17) is 0 Å². The third-order valence-electron chi connectivity index (χ3n) is 0.629. The molecule has 1 heterocycles. The van der Waals surface area contributed by atoms with Crippen molar-refractivity contribution in [2.45, 2.75) is 0 Å². The highest BCUT2D eigenvalue weighted by atomic mass is 79.9. The molecule has 0 N–H and O–H groups in total. The molecule has 0 atom stereocenters. The standard InChI is InChI=1S/C5H4BrN.BrH/c6-5-3-1-2-4-7-5;/h1-4H;1H. The molecule has 1 rings (SSSR count). The molecule has 0 fully saturated rings. The van der Waals surface area contributed by atoms with E-state index < -0.39 is 0 Å². The van der Waals surface area contributed by atoms with Gasteiger partial charge < -0.3 is 0 Å². The summed E-state index contributed by atoms with van der Waals surface area (Å²) in [7, 11) is 0. The summed E-state index contributed by atoms with van der Waals surface area (Å²) in [5.74, 6) is 0. The maximum absolute atomic E-state index is 3.90. The highest BCUT2D eigenvalue weighted by Crippen LogP contribution is 2.00. The van der Waals surface area contributed by atoms with Gasteiger partial charge >= 0.3 is 0 Å². The number of rotatable bonds is 0. The summed E-state index contributed by atoms with van der Waals surface area (Å²) < 4.78 is 0.884. The van der Waals surface area contributed by atoms with Crippen molar-refractivity contribution in [3.63, 3.8) is 0 Å². The van der Waals surface area contributed by atoms with E-state index in [1.54, 1.807) is 6.20 Å². The van der Waals surface area contributed by atoms with Crippen molar-refractivity contribution in [3.8, 4) is 0 Å². The topological polar surface area (TPSA) is 12.9 Å². The number of pyridine rings is 1. The Balaban J connectivity index is 0.000000490. The molecular formula is C5H5Br2N. The third-order valence-corrected chi connectivity index (χ3v) is 1.10. The molecule has 0 unspecified atom stereocenters. The minimum atomic E-state index is 0. The van der Waals surface area contributed by atoms with E-state index in [0.29, 0.717) is 0 Å². The van der Waals surface area contributed by atoms with Crippen LogP contribution in [0, 0.1) is 0 Å². The average Bonchev–Trinajstić information content (AvgIpc) is 1.69. The summed E-state index contributed by atoms with van der Waals surface area (Å²) in [6.07, 6.45) is 1.74. The zero-order chi connectivity index (χ0) is 5.11. The summed E-state index contributed by atoms with van der Waals surface area (Å²) >= 11 is 3.20. The first-order valence-corrected chi connectivity index (χ1v) is 2.75. The summed E-state index contributed by atoms with van der Waals surface area (Å²) in [5.41, 5.74) is 0. The lowest BCUT2D eigenvalue weighted by atomic mass is 10.5. The van der Waals surface area contributed by atoms with Gasteiger partial charge in [0.15, 0.2) is 0 Å². The Kier molecular flexibility index (Phi) is 4.09. The summed E-state index contributed by atoms with van der Waals surface area (Å²) in [6, 6.07) is 5.70. The second kappa shape index (κ2) is 4.04. The largest absolute Gasteiger partial charge is 0.249 e. The van der Waals surface area contributed by atoms with Crippen molar-refractivity contribution in [2.24, 2.45) is 0 Å². The maximum atomic E-state index is 3.90. The summed E-state index contributed by atoms with van der Waals surface area (Å²) in [4.78, 5) is 3.90. The molecule has 0 radical (unpaired) electrons. The fourth-order valence-corrected chi connectivity index (χ4v) is 0.613. The molecule has 0 aliphatic carbocycles. The molecule has 0 saturated heterocycles. The quantitative estimate of drug-likeness (QED) is 0.633. The van der Waals surface area contributed by atoms with E-state index in [-0.39, 0.29) is 17.0 Å². The zero-order valence-electron chi connectivity index (χ0n) is 4.04. The van der Waals surface area contributed by atoms with Crippen molar-refractivity contribution in [3.05, 3.63) is 29.0 Å².